The number of carbonyl (C=O) groups is 3. The highest BCUT2D eigenvalue weighted by atomic mass is 16.5. The summed E-state index contributed by atoms with van der Waals surface area (Å²) in [4.78, 5) is 36.1. The van der Waals surface area contributed by atoms with Crippen LogP contribution in [0, 0.1) is 12.8 Å². The van der Waals surface area contributed by atoms with Gasteiger partial charge in [-0.05, 0) is 50.8 Å². The van der Waals surface area contributed by atoms with Gasteiger partial charge in [0.15, 0.2) is 0 Å². The molecule has 2 atom stereocenters. The van der Waals surface area contributed by atoms with E-state index in [2.05, 4.69) is 35.1 Å². The Bertz CT molecular complexity index is 724. The van der Waals surface area contributed by atoms with Crippen LogP contribution in [0.2, 0.25) is 0 Å². The Morgan fingerprint density at radius 1 is 1.06 bits per heavy atom. The predicted octanol–water partition coefficient (Wildman–Crippen LogP) is 4.80. The molecular formula is C23H38N4O4. The zero-order chi connectivity index (χ0) is 23.2. The van der Waals surface area contributed by atoms with Gasteiger partial charge in [0, 0.05) is 24.0 Å². The third-order valence-corrected chi connectivity index (χ3v) is 4.99. The zero-order valence-electron chi connectivity index (χ0n) is 19.5. The molecule has 0 heterocycles. The fourth-order valence-corrected chi connectivity index (χ4v) is 3.09. The van der Waals surface area contributed by atoms with Crippen molar-refractivity contribution in [1.82, 2.24) is 10.6 Å². The molecule has 0 aromatic heterocycles. The highest BCUT2D eigenvalue weighted by Crippen LogP contribution is 2.20. The molecule has 0 radical (unpaired) electrons. The maximum Gasteiger partial charge on any atom is 0.319 e. The van der Waals surface area contributed by atoms with E-state index in [0.717, 1.165) is 31.2 Å². The van der Waals surface area contributed by atoms with E-state index in [1.54, 1.807) is 26.0 Å². The molecular weight excluding hydrogens is 396 g/mol. The van der Waals surface area contributed by atoms with E-state index in [-0.39, 0.29) is 24.5 Å². The molecule has 0 saturated heterocycles. The summed E-state index contributed by atoms with van der Waals surface area (Å²) in [6.07, 6.45) is 4.55. The van der Waals surface area contributed by atoms with Crippen molar-refractivity contribution in [1.29, 1.82) is 0 Å². The first kappa shape index (κ1) is 26.3. The lowest BCUT2D eigenvalue weighted by Gasteiger charge is -2.17. The van der Waals surface area contributed by atoms with Gasteiger partial charge in [0.25, 0.3) is 0 Å². The lowest BCUT2D eigenvalue weighted by molar-refractivity contribution is -0.143. The molecule has 0 aliphatic rings. The number of ether oxygens (including phenoxy) is 1. The number of aryl methyl sites for hydroxylation is 1. The number of hydrogen-bond acceptors (Lipinski definition) is 4. The number of hydrogen-bond donors (Lipinski definition) is 4. The summed E-state index contributed by atoms with van der Waals surface area (Å²) in [5.41, 5.74) is 2.01. The average molecular weight is 435 g/mol. The van der Waals surface area contributed by atoms with Crippen molar-refractivity contribution < 1.29 is 19.1 Å². The van der Waals surface area contributed by atoms with Crippen LogP contribution in [-0.2, 0) is 9.53 Å². The van der Waals surface area contributed by atoms with Crippen molar-refractivity contribution in [2.24, 2.45) is 5.92 Å². The van der Waals surface area contributed by atoms with Gasteiger partial charge >= 0.3 is 18.0 Å². The molecule has 31 heavy (non-hydrogen) atoms. The van der Waals surface area contributed by atoms with Gasteiger partial charge in [-0.3, -0.25) is 4.79 Å². The molecule has 1 rings (SSSR count). The summed E-state index contributed by atoms with van der Waals surface area (Å²) in [5.74, 6) is 0.116. The Balaban J connectivity index is 2.59. The van der Waals surface area contributed by atoms with Crippen LogP contribution in [0.1, 0.15) is 65.4 Å². The Hall–Kier alpha value is -2.77. The first-order chi connectivity index (χ1) is 14.8. The molecule has 2 unspecified atom stereocenters. The second-order valence-electron chi connectivity index (χ2n) is 7.79. The normalized spacial score (nSPS) is 12.4. The van der Waals surface area contributed by atoms with Crippen molar-refractivity contribution in [3.63, 3.8) is 0 Å². The number of benzene rings is 1. The summed E-state index contributed by atoms with van der Waals surface area (Å²) >= 11 is 0. The van der Waals surface area contributed by atoms with Crippen LogP contribution in [0.3, 0.4) is 0 Å². The van der Waals surface area contributed by atoms with E-state index in [1.165, 1.54) is 0 Å². The summed E-state index contributed by atoms with van der Waals surface area (Å²) in [6, 6.07) is 4.25. The first-order valence-corrected chi connectivity index (χ1v) is 11.2. The van der Waals surface area contributed by atoms with Crippen LogP contribution in [0.4, 0.5) is 21.0 Å². The second-order valence-corrected chi connectivity index (χ2v) is 7.79. The lowest BCUT2D eigenvalue weighted by Crippen LogP contribution is -2.37. The minimum absolute atomic E-state index is 0.0962. The van der Waals surface area contributed by atoms with Crippen LogP contribution in [0.5, 0.6) is 0 Å². The minimum Gasteiger partial charge on any atom is -0.466 e. The van der Waals surface area contributed by atoms with E-state index in [4.69, 9.17) is 4.74 Å². The average Bonchev–Trinajstić information content (AvgIpc) is 2.70. The predicted molar refractivity (Wildman–Crippen MR) is 124 cm³/mol. The first-order valence-electron chi connectivity index (χ1n) is 11.2. The van der Waals surface area contributed by atoms with Gasteiger partial charge in [-0.15, -0.1) is 0 Å². The smallest absolute Gasteiger partial charge is 0.319 e. The maximum atomic E-state index is 12.3. The number of urea groups is 2. The molecule has 1 aromatic rings. The number of rotatable bonds is 12. The molecule has 0 aliphatic heterocycles. The molecule has 4 amide bonds. The van der Waals surface area contributed by atoms with Crippen molar-refractivity contribution in [3.05, 3.63) is 23.8 Å². The molecule has 0 bridgehead atoms. The Labute approximate surface area is 185 Å². The molecule has 174 valence electrons. The fourth-order valence-electron chi connectivity index (χ4n) is 3.09. The molecule has 1 aromatic carbocycles. The van der Waals surface area contributed by atoms with Crippen LogP contribution < -0.4 is 21.3 Å². The van der Waals surface area contributed by atoms with E-state index in [1.807, 2.05) is 13.0 Å². The number of carbonyl (C=O) groups excluding carboxylic acids is 3. The van der Waals surface area contributed by atoms with E-state index < -0.39 is 6.03 Å². The molecule has 0 saturated carbocycles. The van der Waals surface area contributed by atoms with Crippen LogP contribution >= 0.6 is 0 Å². The lowest BCUT2D eigenvalue weighted by atomic mass is 9.99. The zero-order valence-corrected chi connectivity index (χ0v) is 19.5. The van der Waals surface area contributed by atoms with Crippen LogP contribution in [0.25, 0.3) is 0 Å². The SMILES string of the molecule is CCCCC(CC)CNC(=O)Nc1ccc(C)c(NC(=O)NC(C)CC(=O)OCC)c1. The van der Waals surface area contributed by atoms with Crippen molar-refractivity contribution in [2.45, 2.75) is 72.8 Å². The second kappa shape index (κ2) is 14.3. The van der Waals surface area contributed by atoms with Gasteiger partial charge < -0.3 is 26.0 Å². The van der Waals surface area contributed by atoms with E-state index in [0.29, 0.717) is 30.4 Å². The maximum absolute atomic E-state index is 12.3. The molecule has 8 nitrogen and oxygen atoms in total. The number of unbranched alkanes of at least 4 members (excludes halogenated alkanes) is 1. The Morgan fingerprint density at radius 2 is 1.81 bits per heavy atom. The Morgan fingerprint density at radius 3 is 2.45 bits per heavy atom. The minimum atomic E-state index is -0.428. The topological polar surface area (TPSA) is 109 Å². The standard InChI is InChI=1S/C23H38N4O4/c1-6-9-10-18(7-2)15-24-22(29)26-19-12-11-16(4)20(14-19)27-23(30)25-17(5)13-21(28)31-8-3/h11-12,14,17-18H,6-10,13,15H2,1-5H3,(H2,24,26,29)(H2,25,27,30). The highest BCUT2D eigenvalue weighted by molar-refractivity contribution is 5.93. The molecule has 0 aliphatic carbocycles. The monoisotopic (exact) mass is 434 g/mol. The summed E-state index contributed by atoms with van der Waals surface area (Å²) in [5, 5.41) is 11.2. The molecule has 0 spiro atoms. The third kappa shape index (κ3) is 10.7. The molecule has 4 N–H and O–H groups in total. The van der Waals surface area contributed by atoms with Gasteiger partial charge in [-0.2, -0.15) is 0 Å². The molecule has 8 heteroatoms. The molecule has 0 fully saturated rings. The van der Waals surface area contributed by atoms with Crippen molar-refractivity contribution in [2.75, 3.05) is 23.8 Å². The van der Waals surface area contributed by atoms with Crippen molar-refractivity contribution in [3.8, 4) is 0 Å². The largest absolute Gasteiger partial charge is 0.466 e. The van der Waals surface area contributed by atoms with E-state index >= 15 is 0 Å². The van der Waals surface area contributed by atoms with Gasteiger partial charge in [0.2, 0.25) is 0 Å². The number of amides is 4. The summed E-state index contributed by atoms with van der Waals surface area (Å²) < 4.78 is 4.89. The van der Waals surface area contributed by atoms with Gasteiger partial charge in [-0.25, -0.2) is 9.59 Å². The van der Waals surface area contributed by atoms with Crippen LogP contribution in [0.15, 0.2) is 18.2 Å². The summed E-state index contributed by atoms with van der Waals surface area (Å²) in [6.45, 7) is 10.6. The van der Waals surface area contributed by atoms with Crippen molar-refractivity contribution >= 4 is 29.4 Å². The van der Waals surface area contributed by atoms with Gasteiger partial charge in [0.1, 0.15) is 0 Å². The van der Waals surface area contributed by atoms with Gasteiger partial charge in [0.05, 0.1) is 13.0 Å². The fraction of sp³-hybridized carbons (Fsp3) is 0.609. The Kier molecular flexibility index (Phi) is 12.1. The van der Waals surface area contributed by atoms with Gasteiger partial charge in [-0.1, -0.05) is 39.2 Å². The summed E-state index contributed by atoms with van der Waals surface area (Å²) in [7, 11) is 0. The third-order valence-electron chi connectivity index (χ3n) is 4.99. The number of nitrogens with one attached hydrogen (secondary N) is 4. The number of anilines is 2. The highest BCUT2D eigenvalue weighted by Gasteiger charge is 2.14. The van der Waals surface area contributed by atoms with E-state index in [9.17, 15) is 14.4 Å². The number of esters is 1. The quantitative estimate of drug-likeness (QED) is 0.354. The van der Waals surface area contributed by atoms with Crippen LogP contribution in [-0.4, -0.2) is 37.2 Å².